The Morgan fingerprint density at radius 2 is 1.94 bits per heavy atom. The third kappa shape index (κ3) is 2.48. The standard InChI is InChI=1S/C11H10F2N2OS/c1-2-9-11(17-15-14-9)10(16)6-3-7(12)5-8(13)4-6/h3-5,10,16H,2H2,1H3. The first-order valence-corrected chi connectivity index (χ1v) is 5.84. The van der Waals surface area contributed by atoms with E-state index in [0.29, 0.717) is 17.0 Å². The summed E-state index contributed by atoms with van der Waals surface area (Å²) in [5.41, 5.74) is 0.815. The number of hydrogen-bond donors (Lipinski definition) is 1. The number of aryl methyl sites for hydroxylation is 1. The molecule has 0 fully saturated rings. The Hall–Kier alpha value is -1.40. The zero-order chi connectivity index (χ0) is 12.4. The van der Waals surface area contributed by atoms with Crippen LogP contribution >= 0.6 is 11.5 Å². The van der Waals surface area contributed by atoms with Gasteiger partial charge in [-0.3, -0.25) is 0 Å². The van der Waals surface area contributed by atoms with Gasteiger partial charge in [-0.05, 0) is 35.6 Å². The Balaban J connectivity index is 2.39. The summed E-state index contributed by atoms with van der Waals surface area (Å²) in [4.78, 5) is 0.525. The summed E-state index contributed by atoms with van der Waals surface area (Å²) in [6.07, 6.45) is -0.476. The molecule has 1 aromatic carbocycles. The minimum atomic E-state index is -1.09. The Morgan fingerprint density at radius 1 is 1.29 bits per heavy atom. The van der Waals surface area contributed by atoms with Crippen molar-refractivity contribution < 1.29 is 13.9 Å². The van der Waals surface area contributed by atoms with Gasteiger partial charge in [-0.1, -0.05) is 11.4 Å². The van der Waals surface area contributed by atoms with E-state index in [1.807, 2.05) is 6.92 Å². The van der Waals surface area contributed by atoms with Crippen molar-refractivity contribution in [1.82, 2.24) is 9.59 Å². The molecule has 0 saturated heterocycles. The van der Waals surface area contributed by atoms with Crippen LogP contribution in [-0.4, -0.2) is 14.7 Å². The molecule has 0 bridgehead atoms. The Kier molecular flexibility index (Phi) is 3.44. The lowest BCUT2D eigenvalue weighted by Gasteiger charge is -2.09. The summed E-state index contributed by atoms with van der Waals surface area (Å²) >= 11 is 1.03. The van der Waals surface area contributed by atoms with Crippen LogP contribution in [0.5, 0.6) is 0 Å². The van der Waals surface area contributed by atoms with Gasteiger partial charge in [0.25, 0.3) is 0 Å². The van der Waals surface area contributed by atoms with E-state index in [2.05, 4.69) is 9.59 Å². The molecule has 0 saturated carbocycles. The van der Waals surface area contributed by atoms with Crippen LogP contribution < -0.4 is 0 Å². The predicted molar refractivity (Wildman–Crippen MR) is 59.7 cm³/mol. The molecule has 0 aliphatic carbocycles. The fourth-order valence-corrected chi connectivity index (χ4v) is 2.31. The highest BCUT2D eigenvalue weighted by Gasteiger charge is 2.19. The van der Waals surface area contributed by atoms with Gasteiger partial charge in [-0.2, -0.15) is 0 Å². The molecule has 3 nitrogen and oxygen atoms in total. The normalized spacial score (nSPS) is 12.7. The van der Waals surface area contributed by atoms with Gasteiger partial charge >= 0.3 is 0 Å². The van der Waals surface area contributed by atoms with Gasteiger partial charge in [-0.25, -0.2) is 8.78 Å². The summed E-state index contributed by atoms with van der Waals surface area (Å²) in [6, 6.07) is 2.97. The van der Waals surface area contributed by atoms with E-state index in [0.717, 1.165) is 29.7 Å². The van der Waals surface area contributed by atoms with E-state index >= 15 is 0 Å². The first kappa shape index (κ1) is 12.1. The lowest BCUT2D eigenvalue weighted by molar-refractivity contribution is 0.221. The first-order chi connectivity index (χ1) is 8.11. The van der Waals surface area contributed by atoms with Crippen LogP contribution in [0.3, 0.4) is 0 Å². The second-order valence-electron chi connectivity index (χ2n) is 3.54. The van der Waals surface area contributed by atoms with Gasteiger partial charge in [0.2, 0.25) is 0 Å². The maximum Gasteiger partial charge on any atom is 0.126 e. The molecule has 0 aliphatic heterocycles. The fourth-order valence-electron chi connectivity index (χ4n) is 1.55. The van der Waals surface area contributed by atoms with Crippen LogP contribution in [0, 0.1) is 11.6 Å². The Morgan fingerprint density at radius 3 is 2.53 bits per heavy atom. The topological polar surface area (TPSA) is 46.0 Å². The van der Waals surface area contributed by atoms with Crippen molar-refractivity contribution in [3.63, 3.8) is 0 Å². The van der Waals surface area contributed by atoms with Crippen LogP contribution in [0.1, 0.15) is 29.2 Å². The Labute approximate surface area is 101 Å². The zero-order valence-corrected chi connectivity index (χ0v) is 9.84. The fraction of sp³-hybridized carbons (Fsp3) is 0.273. The summed E-state index contributed by atoms with van der Waals surface area (Å²) in [5, 5.41) is 13.9. The Bertz CT molecular complexity index is 510. The molecule has 1 atom stereocenters. The average Bonchev–Trinajstić information content (AvgIpc) is 2.74. The van der Waals surface area contributed by atoms with Crippen LogP contribution in [0.25, 0.3) is 0 Å². The molecule has 1 heterocycles. The van der Waals surface area contributed by atoms with Crippen molar-refractivity contribution in [3.05, 3.63) is 46.0 Å². The number of halogens is 2. The van der Waals surface area contributed by atoms with Gasteiger partial charge in [0.15, 0.2) is 0 Å². The van der Waals surface area contributed by atoms with Gasteiger partial charge in [0.05, 0.1) is 10.6 Å². The molecule has 1 unspecified atom stereocenters. The van der Waals surface area contributed by atoms with E-state index in [1.54, 1.807) is 0 Å². The number of rotatable bonds is 3. The zero-order valence-electron chi connectivity index (χ0n) is 9.02. The van der Waals surface area contributed by atoms with E-state index in [1.165, 1.54) is 0 Å². The summed E-state index contributed by atoms with van der Waals surface area (Å²) in [5.74, 6) is -1.43. The van der Waals surface area contributed by atoms with Crippen molar-refractivity contribution in [3.8, 4) is 0 Å². The van der Waals surface area contributed by atoms with E-state index in [4.69, 9.17) is 0 Å². The smallest absolute Gasteiger partial charge is 0.126 e. The molecule has 0 spiro atoms. The highest BCUT2D eigenvalue weighted by molar-refractivity contribution is 7.05. The molecular formula is C11H10F2N2OS. The molecule has 0 radical (unpaired) electrons. The molecular weight excluding hydrogens is 246 g/mol. The van der Waals surface area contributed by atoms with E-state index < -0.39 is 17.7 Å². The third-order valence-electron chi connectivity index (χ3n) is 2.37. The molecule has 6 heteroatoms. The molecule has 1 N–H and O–H groups in total. The maximum atomic E-state index is 13.0. The average molecular weight is 256 g/mol. The molecule has 17 heavy (non-hydrogen) atoms. The van der Waals surface area contributed by atoms with Crippen LogP contribution in [0.2, 0.25) is 0 Å². The highest BCUT2D eigenvalue weighted by Crippen LogP contribution is 2.28. The van der Waals surface area contributed by atoms with Crippen molar-refractivity contribution in [2.24, 2.45) is 0 Å². The van der Waals surface area contributed by atoms with Crippen molar-refractivity contribution >= 4 is 11.5 Å². The van der Waals surface area contributed by atoms with Crippen LogP contribution in [0.4, 0.5) is 8.78 Å². The number of benzene rings is 1. The number of aliphatic hydroxyl groups excluding tert-OH is 1. The molecule has 90 valence electrons. The number of aromatic nitrogens is 2. The van der Waals surface area contributed by atoms with Crippen LogP contribution in [0.15, 0.2) is 18.2 Å². The number of nitrogens with zero attached hydrogens (tertiary/aromatic N) is 2. The highest BCUT2D eigenvalue weighted by atomic mass is 32.1. The van der Waals surface area contributed by atoms with E-state index in [9.17, 15) is 13.9 Å². The van der Waals surface area contributed by atoms with Crippen molar-refractivity contribution in [2.75, 3.05) is 0 Å². The second kappa shape index (κ2) is 4.85. The summed E-state index contributed by atoms with van der Waals surface area (Å²) < 4.78 is 29.8. The van der Waals surface area contributed by atoms with Gasteiger partial charge in [0, 0.05) is 6.07 Å². The first-order valence-electron chi connectivity index (χ1n) is 5.07. The third-order valence-corrected chi connectivity index (χ3v) is 3.19. The van der Waals surface area contributed by atoms with Gasteiger partial charge < -0.3 is 5.11 Å². The molecule has 0 aliphatic rings. The minimum Gasteiger partial charge on any atom is -0.383 e. The second-order valence-corrected chi connectivity index (χ2v) is 4.33. The quantitative estimate of drug-likeness (QED) is 0.917. The molecule has 0 amide bonds. The van der Waals surface area contributed by atoms with Crippen molar-refractivity contribution in [1.29, 1.82) is 0 Å². The summed E-state index contributed by atoms with van der Waals surface area (Å²) in [7, 11) is 0. The largest absolute Gasteiger partial charge is 0.383 e. The molecule has 2 rings (SSSR count). The van der Waals surface area contributed by atoms with Crippen molar-refractivity contribution in [2.45, 2.75) is 19.4 Å². The van der Waals surface area contributed by atoms with Gasteiger partial charge in [0.1, 0.15) is 17.7 Å². The minimum absolute atomic E-state index is 0.170. The van der Waals surface area contributed by atoms with Crippen LogP contribution in [-0.2, 0) is 6.42 Å². The predicted octanol–water partition coefficient (Wildman–Crippen LogP) is 2.46. The number of hydrogen-bond acceptors (Lipinski definition) is 4. The van der Waals surface area contributed by atoms with Gasteiger partial charge in [-0.15, -0.1) is 5.10 Å². The van der Waals surface area contributed by atoms with E-state index in [-0.39, 0.29) is 5.56 Å². The number of aliphatic hydroxyl groups is 1. The lowest BCUT2D eigenvalue weighted by atomic mass is 10.1. The summed E-state index contributed by atoms with van der Waals surface area (Å²) in [6.45, 7) is 1.87. The lowest BCUT2D eigenvalue weighted by Crippen LogP contribution is -2.02. The maximum absolute atomic E-state index is 13.0. The molecule has 2 aromatic rings. The SMILES string of the molecule is CCc1nnsc1C(O)c1cc(F)cc(F)c1. The monoisotopic (exact) mass is 256 g/mol. The molecule has 1 aromatic heterocycles.